The molecule has 11 heteroatoms. The van der Waals surface area contributed by atoms with Crippen LogP contribution in [0.4, 0.5) is 5.82 Å². The van der Waals surface area contributed by atoms with Crippen molar-refractivity contribution in [3.05, 3.63) is 52.6 Å². The van der Waals surface area contributed by atoms with Crippen LogP contribution in [-0.4, -0.2) is 49.7 Å². The standard InChI is InChI=1S/C21H22N4O5S2/c1-3-15-16(9-22)18(23-20(31-2)17(15)21(27)28)25-10-14(11-25)19(26)24-32(29,30)12-13-7-5-4-6-8-13/h4-8,14H,3,10-12H2,1-2H3,(H,24,26)(H,27,28). The number of aromatic carboxylic acids is 1. The van der Waals surface area contributed by atoms with Crippen LogP contribution in [-0.2, 0) is 27.0 Å². The van der Waals surface area contributed by atoms with Gasteiger partial charge in [-0.05, 0) is 23.8 Å². The number of sulfonamides is 1. The maximum absolute atomic E-state index is 12.5. The number of pyridine rings is 1. The van der Waals surface area contributed by atoms with E-state index in [-0.39, 0.29) is 30.0 Å². The van der Waals surface area contributed by atoms with Gasteiger partial charge in [0.15, 0.2) is 0 Å². The number of nitriles is 1. The van der Waals surface area contributed by atoms with Gasteiger partial charge in [-0.2, -0.15) is 5.26 Å². The summed E-state index contributed by atoms with van der Waals surface area (Å²) in [7, 11) is -3.84. The van der Waals surface area contributed by atoms with E-state index >= 15 is 0 Å². The van der Waals surface area contributed by atoms with E-state index in [4.69, 9.17) is 0 Å². The number of hydrogen-bond donors (Lipinski definition) is 2. The first-order valence-corrected chi connectivity index (χ1v) is 12.7. The van der Waals surface area contributed by atoms with Gasteiger partial charge in [-0.1, -0.05) is 37.3 Å². The Hall–Kier alpha value is -3.10. The predicted octanol–water partition coefficient (Wildman–Crippen LogP) is 2.02. The van der Waals surface area contributed by atoms with Gasteiger partial charge in [-0.3, -0.25) is 9.52 Å². The van der Waals surface area contributed by atoms with Gasteiger partial charge in [0.05, 0.1) is 22.8 Å². The molecule has 1 amide bonds. The normalized spacial score (nSPS) is 13.8. The number of anilines is 1. The van der Waals surface area contributed by atoms with Crippen molar-refractivity contribution in [2.75, 3.05) is 24.2 Å². The number of benzene rings is 1. The number of nitrogens with one attached hydrogen (secondary N) is 1. The molecule has 0 radical (unpaired) electrons. The molecule has 0 saturated carbocycles. The Bertz CT molecular complexity index is 1190. The summed E-state index contributed by atoms with van der Waals surface area (Å²) < 4.78 is 26.7. The SMILES string of the molecule is CCc1c(C#N)c(N2CC(C(=O)NS(=O)(=O)Cc3ccccc3)C2)nc(SC)c1C(=O)O. The van der Waals surface area contributed by atoms with Gasteiger partial charge in [0.1, 0.15) is 16.9 Å². The van der Waals surface area contributed by atoms with E-state index in [1.165, 1.54) is 11.8 Å². The third-order valence-corrected chi connectivity index (χ3v) is 7.04. The Labute approximate surface area is 190 Å². The number of nitrogens with zero attached hydrogens (tertiary/aromatic N) is 3. The fourth-order valence-electron chi connectivity index (χ4n) is 3.55. The van der Waals surface area contributed by atoms with E-state index < -0.39 is 27.8 Å². The molecule has 0 atom stereocenters. The predicted molar refractivity (Wildman–Crippen MR) is 120 cm³/mol. The summed E-state index contributed by atoms with van der Waals surface area (Å²) in [5.41, 5.74) is 1.15. The van der Waals surface area contributed by atoms with E-state index in [0.29, 0.717) is 28.4 Å². The van der Waals surface area contributed by atoms with Gasteiger partial charge >= 0.3 is 5.97 Å². The molecule has 0 unspecified atom stereocenters. The fraction of sp³-hybridized carbons (Fsp3) is 0.333. The summed E-state index contributed by atoms with van der Waals surface area (Å²) in [6.07, 6.45) is 2.04. The van der Waals surface area contributed by atoms with Crippen molar-refractivity contribution in [1.82, 2.24) is 9.71 Å². The van der Waals surface area contributed by atoms with Crippen LogP contribution in [0.15, 0.2) is 35.4 Å². The van der Waals surface area contributed by atoms with Crippen LogP contribution in [0, 0.1) is 17.2 Å². The second-order valence-electron chi connectivity index (χ2n) is 7.26. The van der Waals surface area contributed by atoms with Gasteiger partial charge in [-0.25, -0.2) is 18.2 Å². The van der Waals surface area contributed by atoms with Crippen molar-refractivity contribution in [1.29, 1.82) is 5.26 Å². The first-order valence-electron chi connectivity index (χ1n) is 9.78. The minimum absolute atomic E-state index is 0.0159. The lowest BCUT2D eigenvalue weighted by Gasteiger charge is -2.39. The third-order valence-electron chi connectivity index (χ3n) is 5.13. The molecule has 1 aromatic heterocycles. The maximum Gasteiger partial charge on any atom is 0.338 e. The molecule has 1 fully saturated rings. The highest BCUT2D eigenvalue weighted by Crippen LogP contribution is 2.34. The number of thioether (sulfide) groups is 1. The summed E-state index contributed by atoms with van der Waals surface area (Å²) in [5.74, 6) is -2.33. The molecule has 1 saturated heterocycles. The van der Waals surface area contributed by atoms with Crippen molar-refractivity contribution >= 4 is 39.5 Å². The molecular formula is C21H22N4O5S2. The van der Waals surface area contributed by atoms with E-state index in [2.05, 4.69) is 9.71 Å². The molecule has 2 aromatic rings. The Morgan fingerprint density at radius 2 is 1.97 bits per heavy atom. The highest BCUT2D eigenvalue weighted by Gasteiger charge is 2.37. The van der Waals surface area contributed by atoms with Crippen LogP contribution >= 0.6 is 11.8 Å². The Morgan fingerprint density at radius 1 is 1.31 bits per heavy atom. The highest BCUT2D eigenvalue weighted by atomic mass is 32.2. The second kappa shape index (κ2) is 9.58. The Balaban J connectivity index is 1.75. The Kier molecular flexibility index (Phi) is 7.06. The molecule has 0 bridgehead atoms. The summed E-state index contributed by atoms with van der Waals surface area (Å²) in [4.78, 5) is 30.2. The molecule has 2 N–H and O–H groups in total. The number of amides is 1. The number of hydrogen-bond acceptors (Lipinski definition) is 8. The maximum atomic E-state index is 12.5. The zero-order valence-electron chi connectivity index (χ0n) is 17.5. The summed E-state index contributed by atoms with van der Waals surface area (Å²) in [6, 6.07) is 10.6. The van der Waals surface area contributed by atoms with Gasteiger partial charge in [0.2, 0.25) is 15.9 Å². The topological polar surface area (TPSA) is 140 Å². The van der Waals surface area contributed by atoms with Crippen molar-refractivity contribution in [2.24, 2.45) is 5.92 Å². The number of carbonyl (C=O) groups is 2. The first-order chi connectivity index (χ1) is 15.2. The minimum Gasteiger partial charge on any atom is -0.478 e. The lowest BCUT2D eigenvalue weighted by molar-refractivity contribution is -0.123. The average Bonchev–Trinajstić information content (AvgIpc) is 2.71. The van der Waals surface area contributed by atoms with Gasteiger partial charge in [0, 0.05) is 13.1 Å². The molecule has 0 spiro atoms. The second-order valence-corrected chi connectivity index (χ2v) is 9.77. The number of carbonyl (C=O) groups excluding carboxylic acids is 1. The zero-order chi connectivity index (χ0) is 23.5. The zero-order valence-corrected chi connectivity index (χ0v) is 19.2. The third kappa shape index (κ3) is 4.87. The average molecular weight is 475 g/mol. The lowest BCUT2D eigenvalue weighted by atomic mass is 9.96. The van der Waals surface area contributed by atoms with Gasteiger partial charge in [-0.15, -0.1) is 11.8 Å². The van der Waals surface area contributed by atoms with E-state index in [0.717, 1.165) is 0 Å². The van der Waals surface area contributed by atoms with Crippen LogP contribution < -0.4 is 9.62 Å². The van der Waals surface area contributed by atoms with Crippen LogP contribution in [0.2, 0.25) is 0 Å². The van der Waals surface area contributed by atoms with Crippen LogP contribution in [0.25, 0.3) is 0 Å². The summed E-state index contributed by atoms with van der Waals surface area (Å²) in [6.45, 7) is 2.12. The van der Waals surface area contributed by atoms with Crippen molar-refractivity contribution in [3.63, 3.8) is 0 Å². The lowest BCUT2D eigenvalue weighted by Crippen LogP contribution is -2.55. The Morgan fingerprint density at radius 3 is 2.50 bits per heavy atom. The molecule has 1 aliphatic rings. The van der Waals surface area contributed by atoms with Gasteiger partial charge < -0.3 is 10.0 Å². The van der Waals surface area contributed by atoms with Crippen LogP contribution in [0.3, 0.4) is 0 Å². The van der Waals surface area contributed by atoms with Crippen molar-refractivity contribution < 1.29 is 23.1 Å². The van der Waals surface area contributed by atoms with Crippen molar-refractivity contribution in [2.45, 2.75) is 24.1 Å². The highest BCUT2D eigenvalue weighted by molar-refractivity contribution is 7.98. The monoisotopic (exact) mass is 474 g/mol. The van der Waals surface area contributed by atoms with Crippen LogP contribution in [0.1, 0.15) is 34.0 Å². The number of aromatic nitrogens is 1. The molecule has 1 aliphatic heterocycles. The van der Waals surface area contributed by atoms with E-state index in [1.54, 1.807) is 48.4 Å². The summed E-state index contributed by atoms with van der Waals surface area (Å²) in [5, 5.41) is 19.5. The molecule has 2 heterocycles. The molecule has 9 nitrogen and oxygen atoms in total. The van der Waals surface area contributed by atoms with E-state index in [9.17, 15) is 28.4 Å². The van der Waals surface area contributed by atoms with Gasteiger partial charge in [0.25, 0.3) is 0 Å². The number of rotatable bonds is 8. The molecule has 168 valence electrons. The molecule has 1 aromatic carbocycles. The number of carboxylic acids is 1. The smallest absolute Gasteiger partial charge is 0.338 e. The first kappa shape index (κ1) is 23.6. The number of carboxylic acid groups (broad SMARTS) is 1. The molecular weight excluding hydrogens is 452 g/mol. The van der Waals surface area contributed by atoms with E-state index in [1.807, 2.05) is 6.07 Å². The molecule has 0 aliphatic carbocycles. The molecule has 32 heavy (non-hydrogen) atoms. The summed E-state index contributed by atoms with van der Waals surface area (Å²) >= 11 is 1.17. The minimum atomic E-state index is -3.84. The van der Waals surface area contributed by atoms with Crippen LogP contribution in [0.5, 0.6) is 0 Å². The largest absolute Gasteiger partial charge is 0.478 e. The quantitative estimate of drug-likeness (QED) is 0.550. The molecule has 3 rings (SSSR count). The van der Waals surface area contributed by atoms with Crippen molar-refractivity contribution in [3.8, 4) is 6.07 Å². The fourth-order valence-corrected chi connectivity index (χ4v) is 5.32.